The van der Waals surface area contributed by atoms with Crippen LogP contribution in [0.15, 0.2) is 0 Å². The van der Waals surface area contributed by atoms with Crippen LogP contribution in [-0.2, 0) is 4.74 Å². The number of nitrogens with zero attached hydrogens (tertiary/aromatic N) is 2. The molecule has 1 aliphatic carbocycles. The molecule has 1 saturated carbocycles. The number of nitrogens with one attached hydrogen (secondary N) is 1. The van der Waals surface area contributed by atoms with E-state index in [1.807, 2.05) is 7.11 Å². The molecule has 4 nitrogen and oxygen atoms in total. The maximum absolute atomic E-state index is 5.55. The Hall–Kier alpha value is -0.870. The fraction of sp³-hybridized carbons (Fsp3) is 0.812. The number of hydrogen-bond donors (Lipinski definition) is 1. The van der Waals surface area contributed by atoms with Gasteiger partial charge in [0.2, 0.25) is 0 Å². The Labute approximate surface area is 122 Å². The maximum Gasteiger partial charge on any atom is 0.0644 e. The van der Waals surface area contributed by atoms with Crippen molar-refractivity contribution in [1.82, 2.24) is 15.1 Å². The second-order valence-corrected chi connectivity index (χ2v) is 5.99. The number of hydrogen-bond acceptors (Lipinski definition) is 3. The zero-order valence-corrected chi connectivity index (χ0v) is 13.6. The molecule has 0 saturated heterocycles. The third-order valence-electron chi connectivity index (χ3n) is 4.60. The smallest absolute Gasteiger partial charge is 0.0644 e. The monoisotopic (exact) mass is 279 g/mol. The fourth-order valence-electron chi connectivity index (χ4n) is 3.62. The predicted octanol–water partition coefficient (Wildman–Crippen LogP) is 3.30. The van der Waals surface area contributed by atoms with Crippen LogP contribution in [0.25, 0.3) is 0 Å². The lowest BCUT2D eigenvalue weighted by atomic mass is 9.92. The quantitative estimate of drug-likeness (QED) is 0.899. The molecule has 4 heteroatoms. The molecule has 114 valence electrons. The van der Waals surface area contributed by atoms with Crippen molar-refractivity contribution in [3.63, 3.8) is 0 Å². The molecule has 0 radical (unpaired) electrons. The van der Waals surface area contributed by atoms with Gasteiger partial charge in [-0.1, -0.05) is 6.92 Å². The van der Waals surface area contributed by atoms with E-state index in [2.05, 4.69) is 37.7 Å². The molecule has 1 heterocycles. The summed E-state index contributed by atoms with van der Waals surface area (Å²) in [6.07, 6.45) is 5.13. The molecule has 0 aliphatic heterocycles. The van der Waals surface area contributed by atoms with Crippen molar-refractivity contribution in [2.24, 2.45) is 0 Å². The third kappa shape index (κ3) is 3.07. The van der Waals surface area contributed by atoms with Gasteiger partial charge in [0.05, 0.1) is 17.8 Å². The van der Waals surface area contributed by atoms with Crippen LogP contribution in [-0.4, -0.2) is 29.5 Å². The second kappa shape index (κ2) is 6.72. The van der Waals surface area contributed by atoms with E-state index in [-0.39, 0.29) is 0 Å². The van der Waals surface area contributed by atoms with E-state index in [1.165, 1.54) is 30.5 Å². The highest BCUT2D eigenvalue weighted by Gasteiger charge is 2.27. The van der Waals surface area contributed by atoms with Gasteiger partial charge in [0.1, 0.15) is 0 Å². The molecule has 2 rings (SSSR count). The van der Waals surface area contributed by atoms with E-state index in [0.717, 1.165) is 18.7 Å². The summed E-state index contributed by atoms with van der Waals surface area (Å²) in [6, 6.07) is 0.866. The zero-order valence-electron chi connectivity index (χ0n) is 13.6. The molecular weight excluding hydrogens is 250 g/mol. The minimum absolute atomic E-state index is 0.371. The summed E-state index contributed by atoms with van der Waals surface area (Å²) in [4.78, 5) is 0. The van der Waals surface area contributed by atoms with Crippen LogP contribution in [0.2, 0.25) is 0 Å². The normalized spacial score (nSPS) is 24.9. The molecule has 0 amide bonds. The Kier molecular flexibility index (Phi) is 5.22. The van der Waals surface area contributed by atoms with Gasteiger partial charge in [-0.3, -0.25) is 4.68 Å². The molecule has 3 atom stereocenters. The summed E-state index contributed by atoms with van der Waals surface area (Å²) >= 11 is 0. The summed E-state index contributed by atoms with van der Waals surface area (Å²) < 4.78 is 7.81. The minimum atomic E-state index is 0.371. The van der Waals surface area contributed by atoms with E-state index >= 15 is 0 Å². The first-order valence-electron chi connectivity index (χ1n) is 7.90. The lowest BCUT2D eigenvalue weighted by molar-refractivity contribution is 0.0503. The van der Waals surface area contributed by atoms with Crippen molar-refractivity contribution < 1.29 is 4.74 Å². The first-order chi connectivity index (χ1) is 9.58. The molecule has 20 heavy (non-hydrogen) atoms. The third-order valence-corrected chi connectivity index (χ3v) is 4.60. The van der Waals surface area contributed by atoms with Crippen LogP contribution in [0.4, 0.5) is 0 Å². The standard InChI is InChI=1S/C16H29N3O/c1-6-17-11(2)16-12(3)18-19(13(16)4)14-8-7-9-15(10-14)20-5/h11,14-15,17H,6-10H2,1-5H3. The highest BCUT2D eigenvalue weighted by molar-refractivity contribution is 5.28. The highest BCUT2D eigenvalue weighted by Crippen LogP contribution is 2.33. The number of aryl methyl sites for hydroxylation is 1. The second-order valence-electron chi connectivity index (χ2n) is 5.99. The van der Waals surface area contributed by atoms with Gasteiger partial charge in [0.25, 0.3) is 0 Å². The number of rotatable bonds is 5. The van der Waals surface area contributed by atoms with Gasteiger partial charge < -0.3 is 10.1 Å². The molecule has 1 fully saturated rings. The fourth-order valence-corrected chi connectivity index (χ4v) is 3.62. The van der Waals surface area contributed by atoms with Crippen molar-refractivity contribution in [1.29, 1.82) is 0 Å². The van der Waals surface area contributed by atoms with Gasteiger partial charge in [0.15, 0.2) is 0 Å². The van der Waals surface area contributed by atoms with Crippen molar-refractivity contribution in [2.75, 3.05) is 13.7 Å². The molecule has 0 spiro atoms. The Morgan fingerprint density at radius 3 is 2.80 bits per heavy atom. The Morgan fingerprint density at radius 1 is 1.40 bits per heavy atom. The van der Waals surface area contributed by atoms with E-state index in [0.29, 0.717) is 18.2 Å². The van der Waals surface area contributed by atoms with Crippen LogP contribution in [0.3, 0.4) is 0 Å². The summed E-state index contributed by atoms with van der Waals surface area (Å²) in [6.45, 7) is 9.70. The maximum atomic E-state index is 5.55. The van der Waals surface area contributed by atoms with E-state index in [1.54, 1.807) is 0 Å². The molecule has 1 N–H and O–H groups in total. The van der Waals surface area contributed by atoms with Crippen LogP contribution >= 0.6 is 0 Å². The van der Waals surface area contributed by atoms with Gasteiger partial charge in [-0.15, -0.1) is 0 Å². The topological polar surface area (TPSA) is 39.1 Å². The van der Waals surface area contributed by atoms with Gasteiger partial charge >= 0.3 is 0 Å². The zero-order chi connectivity index (χ0) is 14.7. The van der Waals surface area contributed by atoms with E-state index in [4.69, 9.17) is 9.84 Å². The van der Waals surface area contributed by atoms with Crippen LogP contribution in [0.5, 0.6) is 0 Å². The van der Waals surface area contributed by atoms with Crippen molar-refractivity contribution in [3.8, 4) is 0 Å². The molecule has 1 aromatic heterocycles. The van der Waals surface area contributed by atoms with Gasteiger partial charge in [-0.25, -0.2) is 0 Å². The average Bonchev–Trinajstić information content (AvgIpc) is 2.74. The largest absolute Gasteiger partial charge is 0.381 e. The highest BCUT2D eigenvalue weighted by atomic mass is 16.5. The Morgan fingerprint density at radius 2 is 2.15 bits per heavy atom. The lowest BCUT2D eigenvalue weighted by Crippen LogP contribution is -2.25. The SMILES string of the molecule is CCNC(C)c1c(C)nn(C2CCCC(OC)C2)c1C. The van der Waals surface area contributed by atoms with Gasteiger partial charge in [0, 0.05) is 24.4 Å². The molecular formula is C16H29N3O. The number of methoxy groups -OCH3 is 1. The van der Waals surface area contributed by atoms with Gasteiger partial charge in [-0.2, -0.15) is 5.10 Å². The Balaban J connectivity index is 2.22. The van der Waals surface area contributed by atoms with Crippen LogP contribution < -0.4 is 5.32 Å². The van der Waals surface area contributed by atoms with Crippen molar-refractivity contribution >= 4 is 0 Å². The summed E-state index contributed by atoms with van der Waals surface area (Å²) in [7, 11) is 1.83. The van der Waals surface area contributed by atoms with Crippen LogP contribution in [0, 0.1) is 13.8 Å². The molecule has 0 bridgehead atoms. The first kappa shape index (κ1) is 15.5. The minimum Gasteiger partial charge on any atom is -0.381 e. The van der Waals surface area contributed by atoms with Crippen molar-refractivity contribution in [3.05, 3.63) is 17.0 Å². The molecule has 0 aromatic carbocycles. The Bertz CT molecular complexity index is 441. The summed E-state index contributed by atoms with van der Waals surface area (Å²) in [5, 5.41) is 8.33. The predicted molar refractivity (Wildman–Crippen MR) is 82.1 cm³/mol. The number of ether oxygens (including phenoxy) is 1. The molecule has 1 aliphatic rings. The van der Waals surface area contributed by atoms with Crippen molar-refractivity contribution in [2.45, 2.75) is 71.6 Å². The summed E-state index contributed by atoms with van der Waals surface area (Å²) in [5.41, 5.74) is 3.85. The average molecular weight is 279 g/mol. The van der Waals surface area contributed by atoms with Gasteiger partial charge in [-0.05, 0) is 53.0 Å². The van der Waals surface area contributed by atoms with Crippen LogP contribution in [0.1, 0.15) is 68.6 Å². The first-order valence-corrected chi connectivity index (χ1v) is 7.90. The molecule has 1 aromatic rings. The summed E-state index contributed by atoms with van der Waals surface area (Å²) in [5.74, 6) is 0. The van der Waals surface area contributed by atoms with E-state index in [9.17, 15) is 0 Å². The molecule has 3 unspecified atom stereocenters. The van der Waals surface area contributed by atoms with E-state index < -0.39 is 0 Å². The number of aromatic nitrogens is 2. The lowest BCUT2D eigenvalue weighted by Gasteiger charge is -2.29.